The first kappa shape index (κ1) is 18.3. The van der Waals surface area contributed by atoms with Gasteiger partial charge < -0.3 is 9.88 Å². The van der Waals surface area contributed by atoms with Crippen LogP contribution in [0.2, 0.25) is 0 Å². The Morgan fingerprint density at radius 3 is 2.74 bits per heavy atom. The molecule has 1 N–H and O–H groups in total. The number of H-pyrrole nitrogens is 1. The van der Waals surface area contributed by atoms with E-state index in [0.717, 1.165) is 34.8 Å². The number of pyridine rings is 1. The molecule has 4 heterocycles. The zero-order valence-corrected chi connectivity index (χ0v) is 16.9. The molecule has 3 aromatic rings. The molecule has 2 aliphatic rings. The number of nitrogens with zero attached hydrogens (tertiary/aromatic N) is 4. The van der Waals surface area contributed by atoms with Gasteiger partial charge in [-0.1, -0.05) is 0 Å². The van der Waals surface area contributed by atoms with Gasteiger partial charge in [-0.25, -0.2) is 15.0 Å². The van der Waals surface area contributed by atoms with Gasteiger partial charge in [0, 0.05) is 53.6 Å². The van der Waals surface area contributed by atoms with Gasteiger partial charge in [-0.2, -0.15) is 12.6 Å². The number of piperidine rings is 1. The zero-order valence-electron chi connectivity index (χ0n) is 16.0. The minimum atomic E-state index is 0.549. The van der Waals surface area contributed by atoms with Crippen LogP contribution in [0.15, 0.2) is 30.6 Å². The van der Waals surface area contributed by atoms with Crippen molar-refractivity contribution in [2.24, 2.45) is 0 Å². The van der Waals surface area contributed by atoms with Crippen molar-refractivity contribution >= 4 is 29.5 Å². The normalized spacial score (nSPS) is 19.7. The molecule has 1 aliphatic heterocycles. The van der Waals surface area contributed by atoms with Gasteiger partial charge in [-0.05, 0) is 57.4 Å². The van der Waals surface area contributed by atoms with E-state index in [4.69, 9.17) is 9.97 Å². The molecule has 1 unspecified atom stereocenters. The van der Waals surface area contributed by atoms with Gasteiger partial charge >= 0.3 is 0 Å². The van der Waals surface area contributed by atoms with E-state index in [1.54, 1.807) is 6.26 Å². The molecule has 3 aromatic heterocycles. The summed E-state index contributed by atoms with van der Waals surface area (Å²) in [6.07, 6.45) is 11.8. The van der Waals surface area contributed by atoms with Crippen LogP contribution in [0.4, 0.5) is 5.82 Å². The molecule has 1 aliphatic carbocycles. The molecule has 0 spiro atoms. The minimum Gasteiger partial charge on any atom is -0.354 e. The Balaban J connectivity index is 0.000000872. The van der Waals surface area contributed by atoms with Gasteiger partial charge in [0.05, 0.1) is 0 Å². The third kappa shape index (κ3) is 3.68. The fourth-order valence-electron chi connectivity index (χ4n) is 3.90. The van der Waals surface area contributed by atoms with E-state index in [-0.39, 0.29) is 0 Å². The number of anilines is 1. The number of aromatic nitrogens is 4. The predicted octanol–water partition coefficient (Wildman–Crippen LogP) is 4.82. The molecule has 27 heavy (non-hydrogen) atoms. The molecule has 0 bridgehead atoms. The number of hydrogen-bond acceptors (Lipinski definition) is 5. The summed E-state index contributed by atoms with van der Waals surface area (Å²) in [5.74, 6) is 2.55. The van der Waals surface area contributed by atoms with Gasteiger partial charge in [0.25, 0.3) is 0 Å². The molecule has 1 atom stereocenters. The monoisotopic (exact) mass is 381 g/mol. The van der Waals surface area contributed by atoms with Crippen LogP contribution < -0.4 is 4.90 Å². The number of aromatic amines is 1. The summed E-state index contributed by atoms with van der Waals surface area (Å²) in [6, 6.07) is 6.88. The highest BCUT2D eigenvalue weighted by Crippen LogP contribution is 2.41. The van der Waals surface area contributed by atoms with Crippen molar-refractivity contribution in [2.45, 2.75) is 51.0 Å². The third-order valence-corrected chi connectivity index (χ3v) is 5.53. The Morgan fingerprint density at radius 1 is 1.11 bits per heavy atom. The smallest absolute Gasteiger partial charge is 0.162 e. The molecule has 1 saturated heterocycles. The second-order valence-electron chi connectivity index (χ2n) is 7.39. The Morgan fingerprint density at radius 2 is 1.96 bits per heavy atom. The first-order valence-corrected chi connectivity index (χ1v) is 10.7. The van der Waals surface area contributed by atoms with Crippen molar-refractivity contribution in [2.75, 3.05) is 17.7 Å². The number of thiol groups is 1. The van der Waals surface area contributed by atoms with Crippen molar-refractivity contribution in [3.8, 4) is 11.4 Å². The largest absolute Gasteiger partial charge is 0.354 e. The van der Waals surface area contributed by atoms with Crippen molar-refractivity contribution in [3.63, 3.8) is 0 Å². The Bertz CT molecular complexity index is 918. The Kier molecular flexibility index (Phi) is 5.34. The number of hydrogen-bond donors (Lipinski definition) is 2. The SMILES string of the molecule is CC1CCCCN1c1cc(C2CC2)nc(-c2ccnc3[nH]ccc23)n1.CS. The van der Waals surface area contributed by atoms with E-state index in [2.05, 4.69) is 46.6 Å². The highest BCUT2D eigenvalue weighted by molar-refractivity contribution is 7.79. The highest BCUT2D eigenvalue weighted by Gasteiger charge is 2.28. The lowest BCUT2D eigenvalue weighted by atomic mass is 10.0. The predicted molar refractivity (Wildman–Crippen MR) is 115 cm³/mol. The van der Waals surface area contributed by atoms with Crippen molar-refractivity contribution < 1.29 is 0 Å². The Labute approximate surface area is 166 Å². The van der Waals surface area contributed by atoms with E-state index in [1.165, 1.54) is 37.8 Å². The maximum atomic E-state index is 4.99. The van der Waals surface area contributed by atoms with Crippen LogP contribution in [0, 0.1) is 0 Å². The number of nitrogens with one attached hydrogen (secondary N) is 1. The number of fused-ring (bicyclic) bond motifs is 1. The first-order valence-electron chi connectivity index (χ1n) is 9.82. The standard InChI is InChI=1S/C20H23N5.CH4S/c1-13-4-2-3-11-25(13)18-12-17(14-5-6-14)23-20(24-18)16-8-10-22-19-15(16)7-9-21-19;1-2/h7-10,12-14H,2-6,11H2,1H3,(H,21,22);2H,1H3. The molecule has 1 saturated carbocycles. The van der Waals surface area contributed by atoms with Crippen LogP contribution in [0.5, 0.6) is 0 Å². The van der Waals surface area contributed by atoms with E-state index < -0.39 is 0 Å². The van der Waals surface area contributed by atoms with Crippen LogP contribution in [-0.4, -0.2) is 38.8 Å². The van der Waals surface area contributed by atoms with Gasteiger partial charge in [-0.15, -0.1) is 0 Å². The van der Waals surface area contributed by atoms with Gasteiger partial charge in [-0.3, -0.25) is 0 Å². The van der Waals surface area contributed by atoms with Crippen LogP contribution in [-0.2, 0) is 0 Å². The fraction of sp³-hybridized carbons (Fsp3) is 0.476. The lowest BCUT2D eigenvalue weighted by Crippen LogP contribution is -2.38. The average molecular weight is 382 g/mol. The molecule has 2 fully saturated rings. The molecule has 0 radical (unpaired) electrons. The summed E-state index contributed by atoms with van der Waals surface area (Å²) in [4.78, 5) is 20.0. The summed E-state index contributed by atoms with van der Waals surface area (Å²) in [6.45, 7) is 3.41. The summed E-state index contributed by atoms with van der Waals surface area (Å²) < 4.78 is 0. The molecule has 6 heteroatoms. The van der Waals surface area contributed by atoms with Crippen LogP contribution in [0.25, 0.3) is 22.4 Å². The second-order valence-corrected chi connectivity index (χ2v) is 7.39. The lowest BCUT2D eigenvalue weighted by Gasteiger charge is -2.34. The van der Waals surface area contributed by atoms with Gasteiger partial charge in [0.1, 0.15) is 11.5 Å². The number of rotatable bonds is 3. The van der Waals surface area contributed by atoms with Crippen molar-refractivity contribution in [1.82, 2.24) is 19.9 Å². The molecule has 0 amide bonds. The highest BCUT2D eigenvalue weighted by atomic mass is 32.1. The lowest BCUT2D eigenvalue weighted by molar-refractivity contribution is 0.481. The van der Waals surface area contributed by atoms with E-state index >= 15 is 0 Å². The first-order chi connectivity index (χ1) is 13.3. The maximum absolute atomic E-state index is 4.99. The van der Waals surface area contributed by atoms with Crippen LogP contribution >= 0.6 is 12.6 Å². The quantitative estimate of drug-likeness (QED) is 0.639. The fourth-order valence-corrected chi connectivity index (χ4v) is 3.90. The molecule has 5 nitrogen and oxygen atoms in total. The van der Waals surface area contributed by atoms with Crippen LogP contribution in [0.3, 0.4) is 0 Å². The maximum Gasteiger partial charge on any atom is 0.162 e. The zero-order chi connectivity index (χ0) is 18.8. The summed E-state index contributed by atoms with van der Waals surface area (Å²) in [5, 5.41) is 1.09. The van der Waals surface area contributed by atoms with Crippen molar-refractivity contribution in [1.29, 1.82) is 0 Å². The average Bonchev–Trinajstić information content (AvgIpc) is 3.46. The third-order valence-electron chi connectivity index (χ3n) is 5.53. The summed E-state index contributed by atoms with van der Waals surface area (Å²) in [5.41, 5.74) is 3.17. The van der Waals surface area contributed by atoms with Gasteiger partial charge in [0.2, 0.25) is 0 Å². The minimum absolute atomic E-state index is 0.549. The molecular formula is C21H27N5S. The topological polar surface area (TPSA) is 57.7 Å². The van der Waals surface area contributed by atoms with Crippen LogP contribution in [0.1, 0.15) is 50.6 Å². The van der Waals surface area contributed by atoms with E-state index in [0.29, 0.717) is 12.0 Å². The summed E-state index contributed by atoms with van der Waals surface area (Å²) in [7, 11) is 0. The van der Waals surface area contributed by atoms with E-state index in [9.17, 15) is 0 Å². The molecule has 142 valence electrons. The van der Waals surface area contributed by atoms with E-state index in [1.807, 2.05) is 18.5 Å². The Hall–Kier alpha value is -2.08. The molecule has 0 aromatic carbocycles. The molecule has 5 rings (SSSR count). The second kappa shape index (κ2) is 7.89. The summed E-state index contributed by atoms with van der Waals surface area (Å²) >= 11 is 3.53. The molecular weight excluding hydrogens is 354 g/mol. The van der Waals surface area contributed by atoms with Crippen molar-refractivity contribution in [3.05, 3.63) is 36.3 Å². The van der Waals surface area contributed by atoms with Gasteiger partial charge in [0.15, 0.2) is 5.82 Å².